The molecule has 0 unspecified atom stereocenters. The molecule has 0 atom stereocenters. The van der Waals surface area contributed by atoms with E-state index in [1.54, 1.807) is 0 Å². The van der Waals surface area contributed by atoms with Crippen molar-refractivity contribution in [1.82, 2.24) is 4.90 Å². The van der Waals surface area contributed by atoms with Gasteiger partial charge in [-0.3, -0.25) is 0 Å². The standard InChI is InChI=1S/C19H31NO2/c1-17(2)22-19-11-9-18(10-12-19)21-16-8-7-15-20-13-5-3-4-6-14-20/h9-12,17H,3-8,13-16H2,1-2H3. The van der Waals surface area contributed by atoms with E-state index in [-0.39, 0.29) is 6.10 Å². The van der Waals surface area contributed by atoms with E-state index >= 15 is 0 Å². The van der Waals surface area contributed by atoms with Crippen molar-refractivity contribution in [3.63, 3.8) is 0 Å². The summed E-state index contributed by atoms with van der Waals surface area (Å²) in [6.07, 6.45) is 8.15. The maximum atomic E-state index is 5.81. The van der Waals surface area contributed by atoms with Crippen LogP contribution < -0.4 is 9.47 Å². The number of rotatable bonds is 8. The molecule has 1 fully saturated rings. The molecule has 1 aliphatic heterocycles. The summed E-state index contributed by atoms with van der Waals surface area (Å²) < 4.78 is 11.4. The third-order valence-corrected chi connectivity index (χ3v) is 4.03. The van der Waals surface area contributed by atoms with Crippen molar-refractivity contribution in [2.45, 2.75) is 58.5 Å². The van der Waals surface area contributed by atoms with E-state index in [4.69, 9.17) is 9.47 Å². The summed E-state index contributed by atoms with van der Waals surface area (Å²) in [5.74, 6) is 1.84. The number of hydrogen-bond acceptors (Lipinski definition) is 3. The highest BCUT2D eigenvalue weighted by molar-refractivity contribution is 5.31. The summed E-state index contributed by atoms with van der Waals surface area (Å²) in [5, 5.41) is 0. The van der Waals surface area contributed by atoms with E-state index in [0.29, 0.717) is 0 Å². The Bertz CT molecular complexity index is 394. The minimum atomic E-state index is 0.214. The Labute approximate surface area is 135 Å². The van der Waals surface area contributed by atoms with E-state index in [1.165, 1.54) is 51.7 Å². The summed E-state index contributed by atoms with van der Waals surface area (Å²) in [6, 6.07) is 7.94. The van der Waals surface area contributed by atoms with Crippen molar-refractivity contribution in [3.8, 4) is 11.5 Å². The third-order valence-electron chi connectivity index (χ3n) is 4.03. The summed E-state index contributed by atoms with van der Waals surface area (Å²) in [7, 11) is 0. The largest absolute Gasteiger partial charge is 0.494 e. The lowest BCUT2D eigenvalue weighted by Crippen LogP contribution is -2.25. The number of ether oxygens (including phenoxy) is 2. The van der Waals surface area contributed by atoms with Crippen molar-refractivity contribution in [2.24, 2.45) is 0 Å². The van der Waals surface area contributed by atoms with Crippen LogP contribution in [0.5, 0.6) is 11.5 Å². The van der Waals surface area contributed by atoms with Gasteiger partial charge in [-0.25, -0.2) is 0 Å². The number of benzene rings is 1. The first-order chi connectivity index (χ1) is 10.7. The Hall–Kier alpha value is -1.22. The van der Waals surface area contributed by atoms with Gasteiger partial charge in [-0.05, 0) is 83.4 Å². The molecule has 3 nitrogen and oxygen atoms in total. The fourth-order valence-electron chi connectivity index (χ4n) is 2.87. The number of unbranched alkanes of at least 4 members (excludes halogenated alkanes) is 1. The second-order valence-electron chi connectivity index (χ2n) is 6.45. The van der Waals surface area contributed by atoms with Crippen LogP contribution in [0.1, 0.15) is 52.4 Å². The van der Waals surface area contributed by atoms with Gasteiger partial charge in [0.2, 0.25) is 0 Å². The monoisotopic (exact) mass is 305 g/mol. The third kappa shape index (κ3) is 6.69. The Morgan fingerprint density at radius 2 is 1.55 bits per heavy atom. The molecule has 0 aliphatic carbocycles. The molecule has 22 heavy (non-hydrogen) atoms. The van der Waals surface area contributed by atoms with E-state index in [1.807, 2.05) is 38.1 Å². The van der Waals surface area contributed by atoms with Crippen molar-refractivity contribution in [2.75, 3.05) is 26.2 Å². The normalized spacial score (nSPS) is 16.5. The van der Waals surface area contributed by atoms with Gasteiger partial charge in [-0.1, -0.05) is 12.8 Å². The Morgan fingerprint density at radius 3 is 2.18 bits per heavy atom. The molecule has 1 aliphatic rings. The SMILES string of the molecule is CC(C)Oc1ccc(OCCCCN2CCCCCC2)cc1. The van der Waals surface area contributed by atoms with Gasteiger partial charge in [0.05, 0.1) is 12.7 Å². The fraction of sp³-hybridized carbons (Fsp3) is 0.684. The van der Waals surface area contributed by atoms with E-state index in [9.17, 15) is 0 Å². The maximum absolute atomic E-state index is 5.81. The molecule has 0 radical (unpaired) electrons. The maximum Gasteiger partial charge on any atom is 0.119 e. The average Bonchev–Trinajstić information content (AvgIpc) is 2.77. The van der Waals surface area contributed by atoms with Gasteiger partial charge in [0.15, 0.2) is 0 Å². The van der Waals surface area contributed by atoms with Gasteiger partial charge in [-0.2, -0.15) is 0 Å². The molecule has 1 heterocycles. The van der Waals surface area contributed by atoms with E-state index in [0.717, 1.165) is 24.5 Å². The van der Waals surface area contributed by atoms with Crippen molar-refractivity contribution in [3.05, 3.63) is 24.3 Å². The van der Waals surface area contributed by atoms with Gasteiger partial charge in [0.1, 0.15) is 11.5 Å². The zero-order valence-electron chi connectivity index (χ0n) is 14.2. The molecule has 0 saturated carbocycles. The molecular formula is C19H31NO2. The van der Waals surface area contributed by atoms with Crippen LogP contribution in [0.4, 0.5) is 0 Å². The number of hydrogen-bond donors (Lipinski definition) is 0. The predicted octanol–water partition coefficient (Wildman–Crippen LogP) is 4.51. The molecule has 0 N–H and O–H groups in total. The first-order valence-electron chi connectivity index (χ1n) is 8.86. The second kappa shape index (κ2) is 9.73. The van der Waals surface area contributed by atoms with Crippen LogP contribution in [0.3, 0.4) is 0 Å². The highest BCUT2D eigenvalue weighted by atomic mass is 16.5. The molecule has 0 aromatic heterocycles. The second-order valence-corrected chi connectivity index (χ2v) is 6.45. The van der Waals surface area contributed by atoms with Crippen molar-refractivity contribution < 1.29 is 9.47 Å². The van der Waals surface area contributed by atoms with Crippen LogP contribution in [0.25, 0.3) is 0 Å². The Balaban J connectivity index is 1.58. The van der Waals surface area contributed by atoms with Gasteiger partial charge in [-0.15, -0.1) is 0 Å². The van der Waals surface area contributed by atoms with Crippen LogP contribution in [-0.2, 0) is 0 Å². The lowest BCUT2D eigenvalue weighted by molar-refractivity contribution is 0.241. The number of nitrogens with zero attached hydrogens (tertiary/aromatic N) is 1. The zero-order valence-corrected chi connectivity index (χ0v) is 14.2. The Morgan fingerprint density at radius 1 is 0.909 bits per heavy atom. The lowest BCUT2D eigenvalue weighted by atomic mass is 10.2. The molecule has 0 amide bonds. The molecular weight excluding hydrogens is 274 g/mol. The van der Waals surface area contributed by atoms with E-state index in [2.05, 4.69) is 4.90 Å². The van der Waals surface area contributed by atoms with Gasteiger partial charge in [0.25, 0.3) is 0 Å². The average molecular weight is 305 g/mol. The first-order valence-corrected chi connectivity index (χ1v) is 8.86. The summed E-state index contributed by atoms with van der Waals surface area (Å²) in [5.41, 5.74) is 0. The van der Waals surface area contributed by atoms with Crippen molar-refractivity contribution in [1.29, 1.82) is 0 Å². The van der Waals surface area contributed by atoms with E-state index < -0.39 is 0 Å². The molecule has 3 heteroatoms. The van der Waals surface area contributed by atoms with Gasteiger partial charge >= 0.3 is 0 Å². The molecule has 0 spiro atoms. The summed E-state index contributed by atoms with van der Waals surface area (Å²) in [6.45, 7) is 8.68. The van der Waals surface area contributed by atoms with Crippen LogP contribution >= 0.6 is 0 Å². The number of likely N-dealkylation sites (tertiary alicyclic amines) is 1. The molecule has 1 aromatic carbocycles. The fourth-order valence-corrected chi connectivity index (χ4v) is 2.87. The van der Waals surface area contributed by atoms with Crippen LogP contribution in [0.15, 0.2) is 24.3 Å². The molecule has 124 valence electrons. The van der Waals surface area contributed by atoms with Crippen molar-refractivity contribution >= 4 is 0 Å². The molecule has 0 bridgehead atoms. The lowest BCUT2D eigenvalue weighted by Gasteiger charge is -2.19. The quantitative estimate of drug-likeness (QED) is 0.660. The highest BCUT2D eigenvalue weighted by Crippen LogP contribution is 2.19. The van der Waals surface area contributed by atoms with Gasteiger partial charge in [0, 0.05) is 0 Å². The van der Waals surface area contributed by atoms with Crippen LogP contribution in [0.2, 0.25) is 0 Å². The molecule has 1 saturated heterocycles. The van der Waals surface area contributed by atoms with Crippen LogP contribution in [0, 0.1) is 0 Å². The van der Waals surface area contributed by atoms with Gasteiger partial charge < -0.3 is 14.4 Å². The molecule has 1 aromatic rings. The Kier molecular flexibility index (Phi) is 7.58. The molecule has 2 rings (SSSR count). The predicted molar refractivity (Wildman–Crippen MR) is 91.8 cm³/mol. The summed E-state index contributed by atoms with van der Waals surface area (Å²) in [4.78, 5) is 2.62. The topological polar surface area (TPSA) is 21.7 Å². The minimum absolute atomic E-state index is 0.214. The first kappa shape index (κ1) is 17.1. The highest BCUT2D eigenvalue weighted by Gasteiger charge is 2.08. The zero-order chi connectivity index (χ0) is 15.6. The smallest absolute Gasteiger partial charge is 0.119 e. The minimum Gasteiger partial charge on any atom is -0.494 e. The summed E-state index contributed by atoms with van der Waals surface area (Å²) >= 11 is 0. The van der Waals surface area contributed by atoms with Crippen LogP contribution in [-0.4, -0.2) is 37.2 Å².